The van der Waals surface area contributed by atoms with Gasteiger partial charge in [0, 0.05) is 43.9 Å². The van der Waals surface area contributed by atoms with E-state index < -0.39 is 42.5 Å². The molecule has 2 aromatic rings. The van der Waals surface area contributed by atoms with E-state index in [9.17, 15) is 23.5 Å². The van der Waals surface area contributed by atoms with Gasteiger partial charge < -0.3 is 30.9 Å². The molecule has 2 rings (SSSR count). The summed E-state index contributed by atoms with van der Waals surface area (Å²) in [7, 11) is 0. The van der Waals surface area contributed by atoms with Crippen molar-refractivity contribution in [2.75, 3.05) is 32.8 Å². The lowest BCUT2D eigenvalue weighted by Gasteiger charge is -2.26. The van der Waals surface area contributed by atoms with Crippen molar-refractivity contribution in [1.29, 1.82) is 0 Å². The molecule has 1 amide bonds. The first-order valence-corrected chi connectivity index (χ1v) is 12.9. The van der Waals surface area contributed by atoms with Gasteiger partial charge in [-0.3, -0.25) is 4.79 Å². The zero-order valence-electron chi connectivity index (χ0n) is 22.3. The minimum Gasteiger partial charge on any atom is -0.456 e. The summed E-state index contributed by atoms with van der Waals surface area (Å²) >= 11 is 0. The molecule has 0 aliphatic carbocycles. The van der Waals surface area contributed by atoms with Gasteiger partial charge in [0.1, 0.15) is 17.7 Å². The van der Waals surface area contributed by atoms with E-state index in [4.69, 9.17) is 15.6 Å². The summed E-state index contributed by atoms with van der Waals surface area (Å²) in [5, 5.41) is 21.6. The fourth-order valence-corrected chi connectivity index (χ4v) is 4.14. The first-order chi connectivity index (χ1) is 18.1. The predicted molar refractivity (Wildman–Crippen MR) is 141 cm³/mol. The highest BCUT2D eigenvalue weighted by Gasteiger charge is 2.25. The summed E-state index contributed by atoms with van der Waals surface area (Å²) in [4.78, 5) is 28.0. The largest absolute Gasteiger partial charge is 0.456 e. The van der Waals surface area contributed by atoms with Crippen LogP contribution in [0.2, 0.25) is 0 Å². The second kappa shape index (κ2) is 15.5. The average molecular weight is 536 g/mol. The summed E-state index contributed by atoms with van der Waals surface area (Å²) in [5.74, 6) is -2.38. The van der Waals surface area contributed by atoms with Crippen LogP contribution in [0.5, 0.6) is 0 Å². The van der Waals surface area contributed by atoms with E-state index in [1.54, 1.807) is 24.0 Å². The minimum atomic E-state index is -1.03. The lowest BCUT2D eigenvalue weighted by Crippen LogP contribution is -2.47. The Morgan fingerprint density at radius 2 is 1.61 bits per heavy atom. The number of rotatable bonds is 15. The van der Waals surface area contributed by atoms with Crippen LogP contribution in [0.15, 0.2) is 36.4 Å². The third kappa shape index (κ3) is 9.75. The second-order valence-corrected chi connectivity index (χ2v) is 9.46. The van der Waals surface area contributed by atoms with E-state index in [1.807, 2.05) is 13.8 Å². The molecule has 0 aromatic heterocycles. The number of halogens is 2. The molecule has 8 nitrogen and oxygen atoms in total. The van der Waals surface area contributed by atoms with Gasteiger partial charge in [0.05, 0.1) is 18.3 Å². The van der Waals surface area contributed by atoms with Crippen molar-refractivity contribution in [2.45, 2.75) is 58.3 Å². The topological polar surface area (TPSA) is 125 Å². The van der Waals surface area contributed by atoms with Crippen LogP contribution in [0.1, 0.15) is 58.5 Å². The van der Waals surface area contributed by atoms with Crippen molar-refractivity contribution >= 4 is 11.9 Å². The molecule has 0 aliphatic rings. The normalized spacial score (nSPS) is 13.6. The first kappa shape index (κ1) is 31.3. The number of ether oxygens (including phenoxy) is 1. The number of hydrogen-bond donors (Lipinski definition) is 4. The first-order valence-electron chi connectivity index (χ1n) is 12.9. The number of aryl methyl sites for hydroxylation is 1. The molecule has 2 aromatic carbocycles. The van der Waals surface area contributed by atoms with E-state index in [1.165, 1.54) is 6.07 Å². The van der Waals surface area contributed by atoms with Crippen molar-refractivity contribution in [3.05, 3.63) is 70.3 Å². The van der Waals surface area contributed by atoms with Crippen LogP contribution < -0.4 is 11.1 Å². The third-order valence-corrected chi connectivity index (χ3v) is 5.90. The van der Waals surface area contributed by atoms with Crippen LogP contribution in [0.4, 0.5) is 8.78 Å². The smallest absolute Gasteiger partial charge is 0.338 e. The van der Waals surface area contributed by atoms with Crippen molar-refractivity contribution in [3.63, 3.8) is 0 Å². The van der Waals surface area contributed by atoms with Gasteiger partial charge in [-0.05, 0) is 67.6 Å². The van der Waals surface area contributed by atoms with E-state index in [0.717, 1.165) is 31.0 Å². The van der Waals surface area contributed by atoms with Gasteiger partial charge in [-0.25, -0.2) is 13.6 Å². The molecular weight excluding hydrogens is 496 g/mol. The van der Waals surface area contributed by atoms with Gasteiger partial charge in [0.15, 0.2) is 0 Å². The Bertz CT molecular complexity index is 1040. The molecule has 10 heteroatoms. The maximum Gasteiger partial charge on any atom is 0.338 e. The maximum absolute atomic E-state index is 13.7. The lowest BCUT2D eigenvalue weighted by atomic mass is 10.0. The molecule has 0 aliphatic heterocycles. The number of hydrogen-bond acceptors (Lipinski definition) is 7. The number of benzene rings is 2. The fraction of sp³-hybridized carbons (Fsp3) is 0.500. The Morgan fingerprint density at radius 1 is 1.00 bits per heavy atom. The number of carbonyl (C=O) groups is 2. The zero-order valence-corrected chi connectivity index (χ0v) is 22.3. The molecule has 1 unspecified atom stereocenters. The lowest BCUT2D eigenvalue weighted by molar-refractivity contribution is 0.0223. The van der Waals surface area contributed by atoms with Crippen LogP contribution in [-0.4, -0.2) is 78.0 Å². The highest BCUT2D eigenvalue weighted by atomic mass is 19.1. The van der Waals surface area contributed by atoms with Crippen LogP contribution in [0, 0.1) is 18.6 Å². The second-order valence-electron chi connectivity index (χ2n) is 9.46. The van der Waals surface area contributed by atoms with Gasteiger partial charge in [-0.15, -0.1) is 0 Å². The minimum absolute atomic E-state index is 0.0113. The number of amides is 1. The Kier molecular flexibility index (Phi) is 12.8. The molecule has 0 heterocycles. The molecule has 0 spiro atoms. The zero-order chi connectivity index (χ0) is 28.2. The SMILES string of the molecule is CCCN(CCC)C(=O)c1cc(C)cc(C(=O)O[C@H](CNCC(O)CO)[C@@H](N)Cc2cc(F)cc(F)c2)c1. The Morgan fingerprint density at radius 3 is 2.18 bits per heavy atom. The molecule has 0 saturated heterocycles. The summed E-state index contributed by atoms with van der Waals surface area (Å²) < 4.78 is 33.1. The Labute approximate surface area is 222 Å². The molecule has 0 saturated carbocycles. The molecule has 0 bridgehead atoms. The van der Waals surface area contributed by atoms with E-state index in [2.05, 4.69) is 5.32 Å². The number of aliphatic hydroxyl groups excluding tert-OH is 2. The molecular formula is C28H39F2N3O5. The van der Waals surface area contributed by atoms with E-state index >= 15 is 0 Å². The third-order valence-electron chi connectivity index (χ3n) is 5.90. The predicted octanol–water partition coefficient (Wildman–Crippen LogP) is 2.57. The number of esters is 1. The number of nitrogens with one attached hydrogen (secondary N) is 1. The van der Waals surface area contributed by atoms with Gasteiger partial charge in [-0.1, -0.05) is 13.8 Å². The van der Waals surface area contributed by atoms with Gasteiger partial charge in [-0.2, -0.15) is 0 Å². The molecule has 38 heavy (non-hydrogen) atoms. The molecule has 3 atom stereocenters. The Balaban J connectivity index is 2.25. The number of nitrogens with two attached hydrogens (primary N) is 1. The van der Waals surface area contributed by atoms with E-state index in [-0.39, 0.29) is 31.0 Å². The summed E-state index contributed by atoms with van der Waals surface area (Å²) in [6.45, 7) is 6.52. The van der Waals surface area contributed by atoms with Crippen LogP contribution in [0.3, 0.4) is 0 Å². The number of nitrogens with zero attached hydrogens (tertiary/aromatic N) is 1. The highest BCUT2D eigenvalue weighted by molar-refractivity contribution is 5.98. The van der Waals surface area contributed by atoms with Gasteiger partial charge in [0.2, 0.25) is 0 Å². The van der Waals surface area contributed by atoms with Crippen molar-refractivity contribution in [3.8, 4) is 0 Å². The number of aliphatic hydroxyl groups is 2. The number of carbonyl (C=O) groups excluding carboxylic acids is 2. The fourth-order valence-electron chi connectivity index (χ4n) is 4.14. The van der Waals surface area contributed by atoms with Crippen LogP contribution in [0.25, 0.3) is 0 Å². The highest BCUT2D eigenvalue weighted by Crippen LogP contribution is 2.17. The molecule has 0 fully saturated rings. The molecule has 210 valence electrons. The maximum atomic E-state index is 13.7. The van der Waals surface area contributed by atoms with E-state index in [0.29, 0.717) is 29.8 Å². The molecule has 0 radical (unpaired) electrons. The average Bonchev–Trinajstić information content (AvgIpc) is 2.86. The van der Waals surface area contributed by atoms with Crippen molar-refractivity contribution < 1.29 is 33.3 Å². The summed E-state index contributed by atoms with van der Waals surface area (Å²) in [6, 6.07) is 7.03. The van der Waals surface area contributed by atoms with Crippen molar-refractivity contribution in [1.82, 2.24) is 10.2 Å². The molecule has 5 N–H and O–H groups in total. The quantitative estimate of drug-likeness (QED) is 0.258. The van der Waals surface area contributed by atoms with Gasteiger partial charge >= 0.3 is 5.97 Å². The van der Waals surface area contributed by atoms with Gasteiger partial charge in [0.25, 0.3) is 5.91 Å². The monoisotopic (exact) mass is 535 g/mol. The standard InChI is InChI=1S/C28H39F2N3O5/c1-4-6-33(7-5-2)27(36)20-8-18(3)9-21(13-20)28(37)38-26(16-32-15-24(35)17-34)25(31)12-19-10-22(29)14-23(30)11-19/h8-11,13-14,24-26,32,34-35H,4-7,12,15-17,31H2,1-3H3/t24?,25-,26+/m0/s1. The van der Waals surface area contributed by atoms with Crippen LogP contribution >= 0.6 is 0 Å². The summed E-state index contributed by atoms with van der Waals surface area (Å²) in [5.41, 5.74) is 7.85. The van der Waals surface area contributed by atoms with Crippen molar-refractivity contribution in [2.24, 2.45) is 5.73 Å². The Hall–Kier alpha value is -2.92. The van der Waals surface area contributed by atoms with Crippen LogP contribution in [-0.2, 0) is 11.2 Å². The summed E-state index contributed by atoms with van der Waals surface area (Å²) in [6.07, 6.45) is -0.356.